The molecule has 0 saturated carbocycles. The molecule has 1 atom stereocenters. The van der Waals surface area contributed by atoms with Crippen LogP contribution in [0.2, 0.25) is 0 Å². The van der Waals surface area contributed by atoms with Crippen LogP contribution in [0, 0.1) is 0 Å². The Morgan fingerprint density at radius 2 is 2.11 bits per heavy atom. The smallest absolute Gasteiger partial charge is 0.303 e. The highest BCUT2D eigenvalue weighted by molar-refractivity contribution is 5.66. The molecule has 0 fully saturated rings. The number of methoxy groups -OCH3 is 1. The number of carbonyl (C=O) groups is 1. The van der Waals surface area contributed by atoms with Crippen LogP contribution in [0.5, 0.6) is 5.75 Å². The first-order chi connectivity index (χ1) is 8.45. The Morgan fingerprint density at radius 1 is 1.44 bits per heavy atom. The Balaban J connectivity index is 2.96. The van der Waals surface area contributed by atoms with Crippen LogP contribution in [0.1, 0.15) is 49.8 Å². The van der Waals surface area contributed by atoms with Crippen molar-refractivity contribution in [3.05, 3.63) is 29.3 Å². The number of rotatable bonds is 6. The Bertz CT molecular complexity index is 416. The number of aliphatic carboxylic acids is 1. The molecule has 3 N–H and O–H groups in total. The van der Waals surface area contributed by atoms with Gasteiger partial charge in [-0.25, -0.2) is 0 Å². The largest absolute Gasteiger partial charge is 0.496 e. The molecular formula is C14H21NO3. The average molecular weight is 251 g/mol. The van der Waals surface area contributed by atoms with Gasteiger partial charge in [0.05, 0.1) is 7.11 Å². The molecule has 1 aromatic carbocycles. The van der Waals surface area contributed by atoms with Crippen LogP contribution in [0.25, 0.3) is 0 Å². The molecule has 0 aliphatic rings. The summed E-state index contributed by atoms with van der Waals surface area (Å²) in [6.45, 7) is 4.21. The lowest BCUT2D eigenvalue weighted by Gasteiger charge is -2.17. The van der Waals surface area contributed by atoms with E-state index in [0.717, 1.165) is 11.3 Å². The van der Waals surface area contributed by atoms with E-state index in [1.165, 1.54) is 5.56 Å². The minimum atomic E-state index is -0.829. The summed E-state index contributed by atoms with van der Waals surface area (Å²) in [7, 11) is 1.60. The first-order valence-corrected chi connectivity index (χ1v) is 6.11. The molecule has 0 radical (unpaired) electrons. The molecule has 1 rings (SSSR count). The van der Waals surface area contributed by atoms with Crippen LogP contribution in [-0.4, -0.2) is 18.2 Å². The summed E-state index contributed by atoms with van der Waals surface area (Å²) in [5.74, 6) is 0.294. The van der Waals surface area contributed by atoms with Crippen molar-refractivity contribution < 1.29 is 14.6 Å². The standard InChI is InChI=1S/C14H21NO3/c1-9(2)10-4-6-13(18-3)11(8-10)12(15)5-7-14(16)17/h4,6,8-9,12H,5,7,15H2,1-3H3,(H,16,17). The Kier molecular flexibility index (Phi) is 5.16. The normalized spacial score (nSPS) is 12.5. The Morgan fingerprint density at radius 3 is 2.61 bits per heavy atom. The van der Waals surface area contributed by atoms with Gasteiger partial charge in [-0.15, -0.1) is 0 Å². The van der Waals surface area contributed by atoms with Gasteiger partial charge in [0, 0.05) is 18.0 Å². The number of carboxylic acid groups (broad SMARTS) is 1. The van der Waals surface area contributed by atoms with Crippen LogP contribution < -0.4 is 10.5 Å². The second kappa shape index (κ2) is 6.40. The van der Waals surface area contributed by atoms with Gasteiger partial charge in [0.25, 0.3) is 0 Å². The van der Waals surface area contributed by atoms with Crippen LogP contribution in [-0.2, 0) is 4.79 Å². The highest BCUT2D eigenvalue weighted by Crippen LogP contribution is 2.29. The molecule has 0 amide bonds. The summed E-state index contributed by atoms with van der Waals surface area (Å²) in [5, 5.41) is 8.69. The maximum Gasteiger partial charge on any atom is 0.303 e. The molecule has 1 unspecified atom stereocenters. The minimum absolute atomic E-state index is 0.0657. The summed E-state index contributed by atoms with van der Waals surface area (Å²) in [5.41, 5.74) is 8.10. The van der Waals surface area contributed by atoms with Gasteiger partial charge in [0.1, 0.15) is 5.75 Å². The zero-order valence-corrected chi connectivity index (χ0v) is 11.1. The molecule has 0 aromatic heterocycles. The zero-order chi connectivity index (χ0) is 13.7. The van der Waals surface area contributed by atoms with Crippen molar-refractivity contribution >= 4 is 5.97 Å². The average Bonchev–Trinajstić information content (AvgIpc) is 2.34. The van der Waals surface area contributed by atoms with Crippen LogP contribution in [0.3, 0.4) is 0 Å². The second-order valence-corrected chi connectivity index (χ2v) is 4.69. The zero-order valence-electron chi connectivity index (χ0n) is 11.1. The first-order valence-electron chi connectivity index (χ1n) is 6.11. The quantitative estimate of drug-likeness (QED) is 0.815. The summed E-state index contributed by atoms with van der Waals surface area (Å²) in [6, 6.07) is 5.60. The third-order valence-electron chi connectivity index (χ3n) is 2.99. The maximum absolute atomic E-state index is 10.6. The fraction of sp³-hybridized carbons (Fsp3) is 0.500. The third-order valence-corrected chi connectivity index (χ3v) is 2.99. The van der Waals surface area contributed by atoms with Gasteiger partial charge in [0.2, 0.25) is 0 Å². The Hall–Kier alpha value is -1.55. The summed E-state index contributed by atoms with van der Waals surface area (Å²) in [4.78, 5) is 10.6. The van der Waals surface area contributed by atoms with Gasteiger partial charge in [-0.1, -0.05) is 26.0 Å². The third kappa shape index (κ3) is 3.74. The van der Waals surface area contributed by atoms with Crippen molar-refractivity contribution in [1.82, 2.24) is 0 Å². The van der Waals surface area contributed by atoms with Crippen molar-refractivity contribution in [1.29, 1.82) is 0 Å². The van der Waals surface area contributed by atoms with E-state index in [-0.39, 0.29) is 12.5 Å². The number of benzene rings is 1. The molecule has 0 bridgehead atoms. The van der Waals surface area contributed by atoms with Crippen molar-refractivity contribution in [3.63, 3.8) is 0 Å². The topological polar surface area (TPSA) is 72.5 Å². The molecule has 0 saturated heterocycles. The van der Waals surface area contributed by atoms with Crippen LogP contribution >= 0.6 is 0 Å². The van der Waals surface area contributed by atoms with Crippen molar-refractivity contribution in [2.75, 3.05) is 7.11 Å². The lowest BCUT2D eigenvalue weighted by Crippen LogP contribution is -2.14. The number of hydrogen-bond donors (Lipinski definition) is 2. The van der Waals surface area contributed by atoms with Crippen LogP contribution in [0.15, 0.2) is 18.2 Å². The molecule has 1 aromatic rings. The van der Waals surface area contributed by atoms with Crippen LogP contribution in [0.4, 0.5) is 0 Å². The second-order valence-electron chi connectivity index (χ2n) is 4.69. The monoisotopic (exact) mass is 251 g/mol. The molecule has 0 spiro atoms. The Labute approximate surface area is 108 Å². The first kappa shape index (κ1) is 14.5. The van der Waals surface area contributed by atoms with Crippen molar-refractivity contribution in [2.45, 2.75) is 38.6 Å². The fourth-order valence-electron chi connectivity index (χ4n) is 1.84. The van der Waals surface area contributed by atoms with Gasteiger partial charge < -0.3 is 15.6 Å². The SMILES string of the molecule is COc1ccc(C(C)C)cc1C(N)CCC(=O)O. The van der Waals surface area contributed by atoms with E-state index >= 15 is 0 Å². The predicted molar refractivity (Wildman–Crippen MR) is 70.9 cm³/mol. The molecule has 100 valence electrons. The van der Waals surface area contributed by atoms with E-state index in [9.17, 15) is 4.79 Å². The van der Waals surface area contributed by atoms with Gasteiger partial charge in [-0.2, -0.15) is 0 Å². The predicted octanol–water partition coefficient (Wildman–Crippen LogP) is 2.68. The molecule has 4 nitrogen and oxygen atoms in total. The molecule has 0 aliphatic heterocycles. The van der Waals surface area contributed by atoms with E-state index in [0.29, 0.717) is 12.3 Å². The van der Waals surface area contributed by atoms with E-state index < -0.39 is 5.97 Å². The number of nitrogens with two attached hydrogens (primary N) is 1. The summed E-state index contributed by atoms with van der Waals surface area (Å²) >= 11 is 0. The van der Waals surface area contributed by atoms with E-state index in [4.69, 9.17) is 15.6 Å². The number of carboxylic acids is 1. The highest BCUT2D eigenvalue weighted by Gasteiger charge is 2.15. The molecule has 0 heterocycles. The van der Waals surface area contributed by atoms with E-state index in [1.807, 2.05) is 18.2 Å². The molecular weight excluding hydrogens is 230 g/mol. The number of hydrogen-bond acceptors (Lipinski definition) is 3. The van der Waals surface area contributed by atoms with E-state index in [1.54, 1.807) is 7.11 Å². The van der Waals surface area contributed by atoms with Gasteiger partial charge >= 0.3 is 5.97 Å². The summed E-state index contributed by atoms with van der Waals surface area (Å²) in [6.07, 6.45) is 0.476. The highest BCUT2D eigenvalue weighted by atomic mass is 16.5. The van der Waals surface area contributed by atoms with Crippen molar-refractivity contribution in [2.24, 2.45) is 5.73 Å². The van der Waals surface area contributed by atoms with Gasteiger partial charge in [-0.3, -0.25) is 4.79 Å². The van der Waals surface area contributed by atoms with Gasteiger partial charge in [0.15, 0.2) is 0 Å². The molecule has 0 aliphatic carbocycles. The lowest BCUT2D eigenvalue weighted by molar-refractivity contribution is -0.137. The maximum atomic E-state index is 10.6. The fourth-order valence-corrected chi connectivity index (χ4v) is 1.84. The van der Waals surface area contributed by atoms with E-state index in [2.05, 4.69) is 13.8 Å². The number of ether oxygens (including phenoxy) is 1. The minimum Gasteiger partial charge on any atom is -0.496 e. The van der Waals surface area contributed by atoms with Gasteiger partial charge in [-0.05, 0) is 24.0 Å². The summed E-state index contributed by atoms with van der Waals surface area (Å²) < 4.78 is 5.28. The molecule has 18 heavy (non-hydrogen) atoms. The lowest BCUT2D eigenvalue weighted by atomic mass is 9.95. The molecule has 4 heteroatoms. The van der Waals surface area contributed by atoms with Crippen molar-refractivity contribution in [3.8, 4) is 5.75 Å².